The average Bonchev–Trinajstić information content (AvgIpc) is 3.36. The molecule has 0 radical (unpaired) electrons. The first kappa shape index (κ1) is 23.0. The Morgan fingerprint density at radius 3 is 2.55 bits per heavy atom. The molecule has 0 aliphatic heterocycles. The molecule has 2 heterocycles. The number of carbonyl (C=O) groups is 2. The summed E-state index contributed by atoms with van der Waals surface area (Å²) in [6.45, 7) is 0. The van der Waals surface area contributed by atoms with Gasteiger partial charge in [-0.1, -0.05) is 37.5 Å². The number of hydrogen-bond acceptors (Lipinski definition) is 5. The van der Waals surface area contributed by atoms with Crippen LogP contribution in [-0.4, -0.2) is 29.9 Å². The van der Waals surface area contributed by atoms with Crippen molar-refractivity contribution in [1.29, 1.82) is 0 Å². The van der Waals surface area contributed by atoms with Crippen LogP contribution in [0, 0.1) is 0 Å². The van der Waals surface area contributed by atoms with E-state index in [0.717, 1.165) is 30.6 Å². The van der Waals surface area contributed by atoms with E-state index in [1.807, 2.05) is 41.8 Å². The van der Waals surface area contributed by atoms with Gasteiger partial charge in [0.25, 0.3) is 0 Å². The highest BCUT2D eigenvalue weighted by Crippen LogP contribution is 2.36. The number of hydrogen-bond donors (Lipinski definition) is 1. The molecule has 1 N–H and O–H groups in total. The average molecular weight is 464 g/mol. The SMILES string of the molecule is COc1ccccc1N(C(=O)Cc1cccs1)C(C(=O)NC1CCCCC1)c1ccncc1. The van der Waals surface area contributed by atoms with Crippen LogP contribution in [0.3, 0.4) is 0 Å². The highest BCUT2D eigenvalue weighted by molar-refractivity contribution is 7.10. The van der Waals surface area contributed by atoms with Crippen LogP contribution in [0.4, 0.5) is 5.69 Å². The summed E-state index contributed by atoms with van der Waals surface area (Å²) in [6, 6.07) is 14.1. The smallest absolute Gasteiger partial charge is 0.248 e. The molecule has 1 atom stereocenters. The van der Waals surface area contributed by atoms with E-state index in [1.54, 1.807) is 36.5 Å². The molecule has 0 bridgehead atoms. The summed E-state index contributed by atoms with van der Waals surface area (Å²) in [5.74, 6) is 0.197. The van der Waals surface area contributed by atoms with Crippen molar-refractivity contribution in [1.82, 2.24) is 10.3 Å². The number of anilines is 1. The van der Waals surface area contributed by atoms with Gasteiger partial charge in [0, 0.05) is 23.3 Å². The Morgan fingerprint density at radius 1 is 1.09 bits per heavy atom. The number of nitrogens with zero attached hydrogens (tertiary/aromatic N) is 2. The molecule has 1 saturated carbocycles. The van der Waals surface area contributed by atoms with Crippen molar-refractivity contribution < 1.29 is 14.3 Å². The Kier molecular flexibility index (Phi) is 7.73. The second kappa shape index (κ2) is 11.1. The zero-order valence-corrected chi connectivity index (χ0v) is 19.6. The molecule has 1 aliphatic rings. The van der Waals surface area contributed by atoms with Gasteiger partial charge in [0.1, 0.15) is 11.8 Å². The molecule has 1 aliphatic carbocycles. The zero-order chi connectivity index (χ0) is 23.0. The number of para-hydroxylation sites is 2. The molecule has 3 aromatic rings. The molecule has 0 saturated heterocycles. The molecule has 4 rings (SSSR count). The third-order valence-electron chi connectivity index (χ3n) is 6.00. The summed E-state index contributed by atoms with van der Waals surface area (Å²) < 4.78 is 5.59. The topological polar surface area (TPSA) is 71.5 Å². The summed E-state index contributed by atoms with van der Waals surface area (Å²) >= 11 is 1.53. The number of aromatic nitrogens is 1. The maximum Gasteiger partial charge on any atom is 0.248 e. The van der Waals surface area contributed by atoms with Gasteiger partial charge in [0.15, 0.2) is 0 Å². The van der Waals surface area contributed by atoms with Crippen molar-refractivity contribution in [2.24, 2.45) is 0 Å². The molecule has 2 amide bonds. The van der Waals surface area contributed by atoms with Crippen LogP contribution in [0.15, 0.2) is 66.3 Å². The monoisotopic (exact) mass is 463 g/mol. The van der Waals surface area contributed by atoms with E-state index in [4.69, 9.17) is 4.74 Å². The van der Waals surface area contributed by atoms with E-state index in [2.05, 4.69) is 10.3 Å². The van der Waals surface area contributed by atoms with Gasteiger partial charge in [0.2, 0.25) is 11.8 Å². The molecule has 1 aromatic carbocycles. The van der Waals surface area contributed by atoms with Crippen molar-refractivity contribution in [2.45, 2.75) is 50.6 Å². The molecular weight excluding hydrogens is 434 g/mol. The number of rotatable bonds is 8. The van der Waals surface area contributed by atoms with Gasteiger partial charge in [-0.3, -0.25) is 19.5 Å². The van der Waals surface area contributed by atoms with E-state index >= 15 is 0 Å². The van der Waals surface area contributed by atoms with Crippen LogP contribution < -0.4 is 15.0 Å². The van der Waals surface area contributed by atoms with Gasteiger partial charge >= 0.3 is 0 Å². The Balaban J connectivity index is 1.76. The van der Waals surface area contributed by atoms with Gasteiger partial charge in [-0.05, 0) is 54.1 Å². The van der Waals surface area contributed by atoms with Crippen LogP contribution in [0.25, 0.3) is 0 Å². The van der Waals surface area contributed by atoms with Crippen molar-refractivity contribution in [3.63, 3.8) is 0 Å². The summed E-state index contributed by atoms with van der Waals surface area (Å²) in [5, 5.41) is 5.18. The Bertz CT molecular complexity index is 1050. The van der Waals surface area contributed by atoms with Crippen LogP contribution in [0.5, 0.6) is 5.75 Å². The minimum Gasteiger partial charge on any atom is -0.495 e. The van der Waals surface area contributed by atoms with E-state index in [-0.39, 0.29) is 24.3 Å². The summed E-state index contributed by atoms with van der Waals surface area (Å²) in [5.41, 5.74) is 1.28. The highest BCUT2D eigenvalue weighted by Gasteiger charge is 2.35. The Labute approximate surface area is 198 Å². The standard InChI is InChI=1S/C26H29N3O3S/c1-32-23-12-6-5-11-22(23)29(24(30)18-21-10-7-17-33-21)25(19-13-15-27-16-14-19)26(31)28-20-8-3-2-4-9-20/h5-7,10-17,20,25H,2-4,8-9,18H2,1H3,(H,28,31). The van der Waals surface area contributed by atoms with Gasteiger partial charge in [-0.15, -0.1) is 11.3 Å². The van der Waals surface area contributed by atoms with E-state index in [9.17, 15) is 9.59 Å². The Hall–Kier alpha value is -3.19. The van der Waals surface area contributed by atoms with Gasteiger partial charge < -0.3 is 10.1 Å². The number of thiophene rings is 1. The van der Waals surface area contributed by atoms with Gasteiger partial charge in [-0.2, -0.15) is 0 Å². The molecule has 7 heteroatoms. The summed E-state index contributed by atoms with van der Waals surface area (Å²) in [7, 11) is 1.57. The second-order valence-electron chi connectivity index (χ2n) is 8.22. The fraction of sp³-hybridized carbons (Fsp3) is 0.346. The maximum absolute atomic E-state index is 13.8. The Morgan fingerprint density at radius 2 is 1.85 bits per heavy atom. The molecular formula is C26H29N3O3S. The summed E-state index contributed by atoms with van der Waals surface area (Å²) in [6.07, 6.45) is 8.86. The molecule has 33 heavy (non-hydrogen) atoms. The lowest BCUT2D eigenvalue weighted by Crippen LogP contribution is -2.47. The normalized spacial score (nSPS) is 14.9. The lowest BCUT2D eigenvalue weighted by molar-refractivity contribution is -0.127. The minimum atomic E-state index is -0.835. The molecule has 6 nitrogen and oxygen atoms in total. The quantitative estimate of drug-likeness (QED) is 0.515. The van der Waals surface area contributed by atoms with Crippen LogP contribution >= 0.6 is 11.3 Å². The van der Waals surface area contributed by atoms with Crippen molar-refractivity contribution in [3.05, 3.63) is 76.7 Å². The van der Waals surface area contributed by atoms with E-state index < -0.39 is 6.04 Å². The van der Waals surface area contributed by atoms with Crippen LogP contribution in [-0.2, 0) is 16.0 Å². The molecule has 1 fully saturated rings. The van der Waals surface area contributed by atoms with Crippen molar-refractivity contribution >= 4 is 28.8 Å². The predicted molar refractivity (Wildman–Crippen MR) is 130 cm³/mol. The molecule has 0 spiro atoms. The number of ether oxygens (including phenoxy) is 1. The van der Waals surface area contributed by atoms with E-state index in [0.29, 0.717) is 17.0 Å². The predicted octanol–water partition coefficient (Wildman–Crippen LogP) is 4.92. The lowest BCUT2D eigenvalue weighted by atomic mass is 9.94. The number of nitrogens with one attached hydrogen (secondary N) is 1. The van der Waals surface area contributed by atoms with Crippen LogP contribution in [0.1, 0.15) is 48.6 Å². The molecule has 1 unspecified atom stereocenters. The van der Waals surface area contributed by atoms with Gasteiger partial charge in [-0.25, -0.2) is 0 Å². The molecule has 2 aromatic heterocycles. The molecule has 172 valence electrons. The van der Waals surface area contributed by atoms with E-state index in [1.165, 1.54) is 17.8 Å². The number of pyridine rings is 1. The third kappa shape index (κ3) is 5.60. The lowest BCUT2D eigenvalue weighted by Gasteiger charge is -2.34. The highest BCUT2D eigenvalue weighted by atomic mass is 32.1. The fourth-order valence-electron chi connectivity index (χ4n) is 4.38. The first-order valence-corrected chi connectivity index (χ1v) is 12.2. The first-order valence-electron chi connectivity index (χ1n) is 11.3. The number of carbonyl (C=O) groups excluding carboxylic acids is 2. The van der Waals surface area contributed by atoms with Crippen molar-refractivity contribution in [3.8, 4) is 5.75 Å². The second-order valence-corrected chi connectivity index (χ2v) is 9.25. The van der Waals surface area contributed by atoms with Crippen LogP contribution in [0.2, 0.25) is 0 Å². The van der Waals surface area contributed by atoms with Gasteiger partial charge in [0.05, 0.1) is 19.2 Å². The first-order chi connectivity index (χ1) is 16.2. The third-order valence-corrected chi connectivity index (χ3v) is 6.88. The maximum atomic E-state index is 13.8. The summed E-state index contributed by atoms with van der Waals surface area (Å²) in [4.78, 5) is 34.2. The number of benzene rings is 1. The number of methoxy groups -OCH3 is 1. The number of amides is 2. The minimum absolute atomic E-state index is 0.127. The van der Waals surface area contributed by atoms with Crippen molar-refractivity contribution in [2.75, 3.05) is 12.0 Å². The largest absolute Gasteiger partial charge is 0.495 e. The zero-order valence-electron chi connectivity index (χ0n) is 18.8. The fourth-order valence-corrected chi connectivity index (χ4v) is 5.08.